The summed E-state index contributed by atoms with van der Waals surface area (Å²) in [5.74, 6) is 0.922. The van der Waals surface area contributed by atoms with Crippen LogP contribution in [0.3, 0.4) is 0 Å². The normalized spacial score (nSPS) is 11.6. The number of aromatic amines is 1. The highest BCUT2D eigenvalue weighted by atomic mass is 16.5. The van der Waals surface area contributed by atoms with Gasteiger partial charge in [-0.05, 0) is 48.7 Å². The molecule has 3 rings (SSSR count). The second kappa shape index (κ2) is 7.84. The smallest absolute Gasteiger partial charge is 0.119 e. The zero-order valence-corrected chi connectivity index (χ0v) is 14.3. The van der Waals surface area contributed by atoms with Crippen LogP contribution in [0.25, 0.3) is 17.0 Å². The Balaban J connectivity index is 1.57. The van der Waals surface area contributed by atoms with Gasteiger partial charge in [0.15, 0.2) is 0 Å². The molecule has 3 nitrogen and oxygen atoms in total. The Hall–Kier alpha value is -2.52. The van der Waals surface area contributed by atoms with E-state index in [0.29, 0.717) is 6.61 Å². The summed E-state index contributed by atoms with van der Waals surface area (Å²) < 4.78 is 5.46. The summed E-state index contributed by atoms with van der Waals surface area (Å²) in [6.45, 7) is 4.53. The predicted octanol–water partition coefficient (Wildman–Crippen LogP) is 4.71. The van der Waals surface area contributed by atoms with Gasteiger partial charge in [-0.3, -0.25) is 4.90 Å². The number of fused-ring (bicyclic) bond motifs is 1. The maximum absolute atomic E-state index is 5.46. The first-order valence-corrected chi connectivity index (χ1v) is 8.39. The summed E-state index contributed by atoms with van der Waals surface area (Å²) >= 11 is 0. The second-order valence-corrected chi connectivity index (χ2v) is 5.96. The Morgan fingerprint density at radius 2 is 1.92 bits per heavy atom. The summed E-state index contributed by atoms with van der Waals surface area (Å²) in [5, 5.41) is 1.27. The van der Waals surface area contributed by atoms with E-state index in [1.807, 2.05) is 25.3 Å². The third kappa shape index (κ3) is 4.06. The monoisotopic (exact) mass is 320 g/mol. The number of rotatable bonds is 7. The van der Waals surface area contributed by atoms with E-state index < -0.39 is 0 Å². The van der Waals surface area contributed by atoms with Crippen LogP contribution in [0.5, 0.6) is 5.75 Å². The van der Waals surface area contributed by atoms with Crippen LogP contribution in [0.15, 0.2) is 60.8 Å². The lowest BCUT2D eigenvalue weighted by molar-refractivity contribution is 0.340. The molecule has 0 aliphatic carbocycles. The minimum Gasteiger partial charge on any atom is -0.494 e. The molecule has 2 aromatic carbocycles. The van der Waals surface area contributed by atoms with Crippen molar-refractivity contribution in [3.05, 3.63) is 71.9 Å². The number of benzene rings is 2. The summed E-state index contributed by atoms with van der Waals surface area (Å²) in [6.07, 6.45) is 6.35. The van der Waals surface area contributed by atoms with E-state index in [4.69, 9.17) is 4.74 Å². The number of H-pyrrole nitrogens is 1. The van der Waals surface area contributed by atoms with Crippen molar-refractivity contribution < 1.29 is 4.74 Å². The van der Waals surface area contributed by atoms with E-state index in [0.717, 1.165) is 18.8 Å². The lowest BCUT2D eigenvalue weighted by Gasteiger charge is -2.15. The zero-order valence-electron chi connectivity index (χ0n) is 14.3. The summed E-state index contributed by atoms with van der Waals surface area (Å²) in [5.41, 5.74) is 3.76. The fourth-order valence-corrected chi connectivity index (χ4v) is 2.85. The van der Waals surface area contributed by atoms with Crippen molar-refractivity contribution in [3.8, 4) is 5.75 Å². The van der Waals surface area contributed by atoms with E-state index in [1.165, 1.54) is 22.0 Å². The molecule has 124 valence electrons. The lowest BCUT2D eigenvalue weighted by Crippen LogP contribution is -2.17. The van der Waals surface area contributed by atoms with E-state index >= 15 is 0 Å². The second-order valence-electron chi connectivity index (χ2n) is 5.96. The van der Waals surface area contributed by atoms with Crippen molar-refractivity contribution in [3.63, 3.8) is 0 Å². The Labute approximate surface area is 143 Å². The number of nitrogens with zero attached hydrogens (tertiary/aromatic N) is 1. The van der Waals surface area contributed by atoms with E-state index in [2.05, 4.69) is 65.5 Å². The van der Waals surface area contributed by atoms with Crippen molar-refractivity contribution in [2.24, 2.45) is 0 Å². The molecule has 3 heteroatoms. The first kappa shape index (κ1) is 16.3. The van der Waals surface area contributed by atoms with Gasteiger partial charge in [-0.25, -0.2) is 0 Å². The molecule has 1 N–H and O–H groups in total. The van der Waals surface area contributed by atoms with Crippen LogP contribution in [0.1, 0.15) is 18.1 Å². The van der Waals surface area contributed by atoms with Gasteiger partial charge in [-0.1, -0.05) is 42.5 Å². The molecular weight excluding hydrogens is 296 g/mol. The highest BCUT2D eigenvalue weighted by Gasteiger charge is 2.04. The quantitative estimate of drug-likeness (QED) is 0.683. The molecule has 0 amide bonds. The first-order valence-electron chi connectivity index (χ1n) is 8.39. The minimum atomic E-state index is 0.702. The number of likely N-dealkylation sites (N-methyl/N-ethyl adjacent to an activating group) is 1. The van der Waals surface area contributed by atoms with Gasteiger partial charge in [0.1, 0.15) is 5.75 Å². The Morgan fingerprint density at radius 1 is 1.08 bits per heavy atom. The third-order valence-electron chi connectivity index (χ3n) is 4.03. The minimum absolute atomic E-state index is 0.702. The number of hydrogen-bond donors (Lipinski definition) is 1. The molecule has 3 aromatic rings. The zero-order chi connectivity index (χ0) is 16.8. The van der Waals surface area contributed by atoms with E-state index in [-0.39, 0.29) is 0 Å². The van der Waals surface area contributed by atoms with Crippen LogP contribution in [-0.4, -0.2) is 30.1 Å². The fourth-order valence-electron chi connectivity index (χ4n) is 2.85. The van der Waals surface area contributed by atoms with Crippen molar-refractivity contribution in [2.45, 2.75) is 13.5 Å². The largest absolute Gasteiger partial charge is 0.494 e. The van der Waals surface area contributed by atoms with Crippen LogP contribution in [0.2, 0.25) is 0 Å². The van der Waals surface area contributed by atoms with Gasteiger partial charge in [0, 0.05) is 24.8 Å². The van der Waals surface area contributed by atoms with Gasteiger partial charge in [0.2, 0.25) is 0 Å². The standard InChI is InChI=1S/C21H24N2O/c1-3-24-20-11-9-17(10-12-20)6-5-15-23(2)16-19-8-4-7-18-13-14-22-21(18)19/h4-14,22H,3,15-16H2,1-2H3/b6-5+. The molecule has 1 heterocycles. The molecule has 0 fully saturated rings. The SMILES string of the molecule is CCOc1ccc(/C=C/CN(C)Cc2cccc3cc[nH]c23)cc1. The average Bonchev–Trinajstić information content (AvgIpc) is 3.06. The molecule has 1 aromatic heterocycles. The van der Waals surface area contributed by atoms with Gasteiger partial charge in [-0.2, -0.15) is 0 Å². The maximum Gasteiger partial charge on any atom is 0.119 e. The first-order chi connectivity index (χ1) is 11.8. The maximum atomic E-state index is 5.46. The van der Waals surface area contributed by atoms with Crippen molar-refractivity contribution >= 4 is 17.0 Å². The molecule has 0 saturated carbocycles. The topological polar surface area (TPSA) is 28.3 Å². The summed E-state index contributed by atoms with van der Waals surface area (Å²) in [6, 6.07) is 16.8. The number of nitrogens with one attached hydrogen (secondary N) is 1. The molecule has 0 saturated heterocycles. The number of aromatic nitrogens is 1. The Kier molecular flexibility index (Phi) is 5.34. The van der Waals surface area contributed by atoms with Gasteiger partial charge < -0.3 is 9.72 Å². The lowest BCUT2D eigenvalue weighted by atomic mass is 10.1. The van der Waals surface area contributed by atoms with Crippen LogP contribution >= 0.6 is 0 Å². The Morgan fingerprint density at radius 3 is 2.71 bits per heavy atom. The van der Waals surface area contributed by atoms with Crippen molar-refractivity contribution in [1.82, 2.24) is 9.88 Å². The van der Waals surface area contributed by atoms with Gasteiger partial charge >= 0.3 is 0 Å². The highest BCUT2D eigenvalue weighted by Crippen LogP contribution is 2.18. The molecular formula is C21H24N2O. The molecule has 0 bridgehead atoms. The van der Waals surface area contributed by atoms with Crippen molar-refractivity contribution in [2.75, 3.05) is 20.2 Å². The highest BCUT2D eigenvalue weighted by molar-refractivity contribution is 5.82. The molecule has 0 aliphatic heterocycles. The summed E-state index contributed by atoms with van der Waals surface area (Å²) in [7, 11) is 2.14. The van der Waals surface area contributed by atoms with Gasteiger partial charge in [0.25, 0.3) is 0 Å². The predicted molar refractivity (Wildman–Crippen MR) is 101 cm³/mol. The van der Waals surface area contributed by atoms with E-state index in [1.54, 1.807) is 0 Å². The van der Waals surface area contributed by atoms with Crippen LogP contribution in [0.4, 0.5) is 0 Å². The number of para-hydroxylation sites is 1. The van der Waals surface area contributed by atoms with Crippen LogP contribution in [0, 0.1) is 0 Å². The summed E-state index contributed by atoms with van der Waals surface area (Å²) in [4.78, 5) is 5.64. The third-order valence-corrected chi connectivity index (χ3v) is 4.03. The molecule has 0 spiro atoms. The van der Waals surface area contributed by atoms with Crippen molar-refractivity contribution in [1.29, 1.82) is 0 Å². The molecule has 0 unspecified atom stereocenters. The fraction of sp³-hybridized carbons (Fsp3) is 0.238. The van der Waals surface area contributed by atoms with E-state index in [9.17, 15) is 0 Å². The van der Waals surface area contributed by atoms with Gasteiger partial charge in [-0.15, -0.1) is 0 Å². The van der Waals surface area contributed by atoms with Gasteiger partial charge in [0.05, 0.1) is 6.61 Å². The molecule has 0 aliphatic rings. The molecule has 24 heavy (non-hydrogen) atoms. The van der Waals surface area contributed by atoms with Crippen LogP contribution < -0.4 is 4.74 Å². The Bertz CT molecular complexity index is 802. The molecule has 0 radical (unpaired) electrons. The van der Waals surface area contributed by atoms with Crippen LogP contribution in [-0.2, 0) is 6.54 Å². The number of ether oxygens (including phenoxy) is 1. The average molecular weight is 320 g/mol. The number of hydrogen-bond acceptors (Lipinski definition) is 2. The molecule has 0 atom stereocenters.